The average Bonchev–Trinajstić information content (AvgIpc) is 1.97. The molecule has 0 fully saturated rings. The van der Waals surface area contributed by atoms with Gasteiger partial charge in [0.2, 0.25) is 0 Å². The van der Waals surface area contributed by atoms with Crippen LogP contribution in [0, 0.1) is 0 Å². The van der Waals surface area contributed by atoms with Gasteiger partial charge in [-0.15, -0.1) is 0 Å². The highest BCUT2D eigenvalue weighted by Crippen LogP contribution is 2.14. The van der Waals surface area contributed by atoms with Crippen LogP contribution in [0.25, 0.3) is 0 Å². The van der Waals surface area contributed by atoms with Gasteiger partial charge < -0.3 is 4.57 Å². The lowest BCUT2D eigenvalue weighted by Crippen LogP contribution is -2.34. The number of hydrogen-bond acceptors (Lipinski definition) is 1. The first kappa shape index (κ1) is 12.4. The van der Waals surface area contributed by atoms with Gasteiger partial charge in [0.05, 0.1) is 0 Å². The Bertz CT molecular complexity index is 120. The first-order valence-electron chi connectivity index (χ1n) is 5.07. The molecule has 0 aromatic rings. The van der Waals surface area contributed by atoms with Crippen LogP contribution >= 0.6 is 0 Å². The van der Waals surface area contributed by atoms with Crippen LogP contribution in [0.15, 0.2) is 0 Å². The molecule has 0 aliphatic rings. The average molecular weight is 203 g/mol. The van der Waals surface area contributed by atoms with Crippen molar-refractivity contribution in [2.24, 2.45) is 0 Å². The van der Waals surface area contributed by atoms with E-state index >= 15 is 0 Å². The molecule has 0 aliphatic heterocycles. The zero-order valence-corrected chi connectivity index (χ0v) is 11.8. The summed E-state index contributed by atoms with van der Waals surface area (Å²) in [4.78, 5) is 0. The van der Waals surface area contributed by atoms with Gasteiger partial charge in [-0.05, 0) is 19.6 Å². The van der Waals surface area contributed by atoms with Gasteiger partial charge >= 0.3 is 0 Å². The van der Waals surface area contributed by atoms with E-state index in [1.807, 2.05) is 0 Å². The quantitative estimate of drug-likeness (QED) is 0.621. The SMILES string of the molecule is CCN(C)[SiH](C)CC[Si](C)(C)C. The van der Waals surface area contributed by atoms with Gasteiger partial charge in [0.1, 0.15) is 8.96 Å². The van der Waals surface area contributed by atoms with Crippen LogP contribution < -0.4 is 0 Å². The van der Waals surface area contributed by atoms with E-state index in [4.69, 9.17) is 0 Å². The smallest absolute Gasteiger partial charge is 0.108 e. The maximum Gasteiger partial charge on any atom is 0.108 e. The number of hydrogen-bond donors (Lipinski definition) is 0. The van der Waals surface area contributed by atoms with Crippen LogP contribution in [-0.2, 0) is 0 Å². The largest absolute Gasteiger partial charge is 0.329 e. The van der Waals surface area contributed by atoms with E-state index in [0.717, 1.165) is 0 Å². The van der Waals surface area contributed by atoms with Crippen molar-refractivity contribution in [1.29, 1.82) is 0 Å². The molecule has 12 heavy (non-hydrogen) atoms. The first-order valence-corrected chi connectivity index (χ1v) is 11.3. The third-order valence-electron chi connectivity index (χ3n) is 2.56. The predicted molar refractivity (Wildman–Crippen MR) is 64.3 cm³/mol. The van der Waals surface area contributed by atoms with Crippen molar-refractivity contribution < 1.29 is 0 Å². The molecule has 0 aliphatic carbocycles. The van der Waals surface area contributed by atoms with Gasteiger partial charge in [-0.25, -0.2) is 0 Å². The maximum absolute atomic E-state index is 2.57. The Kier molecular flexibility index (Phi) is 5.36. The molecule has 0 saturated carbocycles. The topological polar surface area (TPSA) is 3.24 Å². The molecule has 1 atom stereocenters. The fraction of sp³-hybridized carbons (Fsp3) is 1.00. The minimum Gasteiger partial charge on any atom is -0.329 e. The molecule has 0 saturated heterocycles. The van der Waals surface area contributed by atoms with Gasteiger partial charge in [0, 0.05) is 8.07 Å². The molecule has 74 valence electrons. The lowest BCUT2D eigenvalue weighted by atomic mass is 10.8. The van der Waals surface area contributed by atoms with Crippen molar-refractivity contribution in [3.8, 4) is 0 Å². The minimum absolute atomic E-state index is 0.528. The Hall–Kier alpha value is 0.394. The summed E-state index contributed by atoms with van der Waals surface area (Å²) in [5.74, 6) is 0. The van der Waals surface area contributed by atoms with Crippen molar-refractivity contribution in [3.05, 3.63) is 0 Å². The molecular weight excluding hydrogens is 178 g/mol. The minimum atomic E-state index is -0.771. The molecule has 1 unspecified atom stereocenters. The van der Waals surface area contributed by atoms with Crippen LogP contribution in [-0.4, -0.2) is 35.2 Å². The second kappa shape index (κ2) is 5.19. The Morgan fingerprint density at radius 3 is 2.08 bits per heavy atom. The van der Waals surface area contributed by atoms with Crippen molar-refractivity contribution in [3.63, 3.8) is 0 Å². The Morgan fingerprint density at radius 1 is 1.25 bits per heavy atom. The molecule has 0 spiro atoms. The summed E-state index contributed by atoms with van der Waals surface area (Å²) in [6, 6.07) is 3.03. The molecule has 0 aromatic heterocycles. The van der Waals surface area contributed by atoms with Crippen molar-refractivity contribution in [1.82, 2.24) is 4.57 Å². The molecule has 0 heterocycles. The highest BCUT2D eigenvalue weighted by Gasteiger charge is 2.16. The summed E-state index contributed by atoms with van der Waals surface area (Å²) in [6.45, 7) is 13.4. The van der Waals surface area contributed by atoms with E-state index in [2.05, 4.69) is 44.7 Å². The molecule has 0 amide bonds. The third-order valence-corrected chi connectivity index (χ3v) is 7.92. The number of rotatable bonds is 5. The molecule has 1 nitrogen and oxygen atoms in total. The van der Waals surface area contributed by atoms with Gasteiger partial charge in [-0.1, -0.05) is 39.2 Å². The highest BCUT2D eigenvalue weighted by atomic mass is 28.3. The van der Waals surface area contributed by atoms with Crippen LogP contribution in [0.1, 0.15) is 6.92 Å². The van der Waals surface area contributed by atoms with Crippen molar-refractivity contribution in [2.45, 2.75) is 45.2 Å². The van der Waals surface area contributed by atoms with Gasteiger partial charge in [-0.3, -0.25) is 0 Å². The Labute approximate surface area is 80.9 Å². The summed E-state index contributed by atoms with van der Waals surface area (Å²) in [7, 11) is 0.980. The van der Waals surface area contributed by atoms with E-state index in [9.17, 15) is 0 Å². The highest BCUT2D eigenvalue weighted by molar-refractivity contribution is 6.77. The normalized spacial score (nSPS) is 15.2. The Balaban J connectivity index is 3.64. The lowest BCUT2D eigenvalue weighted by Gasteiger charge is -2.24. The summed E-state index contributed by atoms with van der Waals surface area (Å²) >= 11 is 0. The number of nitrogens with zero attached hydrogens (tertiary/aromatic N) is 1. The molecular formula is C9H25NSi2. The van der Waals surface area contributed by atoms with Crippen LogP contribution in [0.4, 0.5) is 0 Å². The fourth-order valence-corrected chi connectivity index (χ4v) is 7.37. The van der Waals surface area contributed by atoms with Gasteiger partial charge in [0.25, 0.3) is 0 Å². The van der Waals surface area contributed by atoms with E-state index in [1.54, 1.807) is 0 Å². The standard InChI is InChI=1S/C9H25NSi2/c1-7-10(2)11(3)8-9-12(4,5)6/h11H,7-9H2,1-6H3. The third kappa shape index (κ3) is 5.97. The molecule has 3 heteroatoms. The first-order chi connectivity index (χ1) is 5.37. The van der Waals surface area contributed by atoms with Gasteiger partial charge in [-0.2, -0.15) is 0 Å². The van der Waals surface area contributed by atoms with Crippen LogP contribution in [0.5, 0.6) is 0 Å². The van der Waals surface area contributed by atoms with Crippen LogP contribution in [0.2, 0.25) is 38.3 Å². The predicted octanol–water partition coefficient (Wildman–Crippen LogP) is 2.63. The van der Waals surface area contributed by atoms with E-state index in [-0.39, 0.29) is 0 Å². The zero-order chi connectivity index (χ0) is 9.78. The molecule has 0 rings (SSSR count). The van der Waals surface area contributed by atoms with Gasteiger partial charge in [0.15, 0.2) is 0 Å². The van der Waals surface area contributed by atoms with Crippen molar-refractivity contribution in [2.75, 3.05) is 13.6 Å². The lowest BCUT2D eigenvalue weighted by molar-refractivity contribution is 0.551. The molecule has 0 aromatic carbocycles. The summed E-state index contributed by atoms with van der Waals surface area (Å²) < 4.78 is 2.57. The van der Waals surface area contributed by atoms with E-state index in [1.165, 1.54) is 18.6 Å². The van der Waals surface area contributed by atoms with Crippen LogP contribution in [0.3, 0.4) is 0 Å². The fourth-order valence-electron chi connectivity index (χ4n) is 1.17. The van der Waals surface area contributed by atoms with E-state index in [0.29, 0.717) is 0 Å². The van der Waals surface area contributed by atoms with Crippen molar-refractivity contribution >= 4 is 17.0 Å². The second-order valence-corrected chi connectivity index (χ2v) is 13.8. The summed E-state index contributed by atoms with van der Waals surface area (Å²) in [5.41, 5.74) is 0. The summed E-state index contributed by atoms with van der Waals surface area (Å²) in [5, 5.41) is 0. The molecule has 0 bridgehead atoms. The second-order valence-electron chi connectivity index (χ2n) is 5.02. The molecule has 0 N–H and O–H groups in total. The monoisotopic (exact) mass is 203 g/mol. The maximum atomic E-state index is 2.57. The summed E-state index contributed by atoms with van der Waals surface area (Å²) in [6.07, 6.45) is 0. The van der Waals surface area contributed by atoms with E-state index < -0.39 is 17.0 Å². The zero-order valence-electron chi connectivity index (χ0n) is 9.65. The Morgan fingerprint density at radius 2 is 1.75 bits per heavy atom. The molecule has 0 radical (unpaired) electrons.